The smallest absolute Gasteiger partial charge is 0.381 e. The van der Waals surface area contributed by atoms with E-state index in [1.807, 2.05) is 0 Å². The van der Waals surface area contributed by atoms with Crippen LogP contribution in [0.4, 0.5) is 4.79 Å². The van der Waals surface area contributed by atoms with Crippen molar-refractivity contribution in [2.75, 3.05) is 0 Å². The van der Waals surface area contributed by atoms with Gasteiger partial charge >= 0.3 is 6.09 Å². The van der Waals surface area contributed by atoms with Crippen molar-refractivity contribution in [2.45, 2.75) is 26.2 Å². The highest BCUT2D eigenvalue weighted by atomic mass is 32.1. The number of thiazole rings is 1. The normalized spacial score (nSPS) is 11.3. The number of hydrogen-bond acceptors (Lipinski definition) is 4. The van der Waals surface area contributed by atoms with Crippen molar-refractivity contribution in [3.8, 4) is 5.19 Å². The highest BCUT2D eigenvalue weighted by molar-refractivity contribution is 7.13. The fourth-order valence-corrected chi connectivity index (χ4v) is 1.57. The van der Waals surface area contributed by atoms with Crippen LogP contribution < -0.4 is 10.5 Å². The van der Waals surface area contributed by atoms with Gasteiger partial charge in [0.05, 0.1) is 0 Å². The number of nitrogens with zero attached hydrogens (tertiary/aromatic N) is 1. The first kappa shape index (κ1) is 9.98. The molecule has 13 heavy (non-hydrogen) atoms. The van der Waals surface area contributed by atoms with E-state index in [9.17, 15) is 4.79 Å². The summed E-state index contributed by atoms with van der Waals surface area (Å²) in [6, 6.07) is 0. The summed E-state index contributed by atoms with van der Waals surface area (Å²) in [5, 5.41) is 0.303. The lowest BCUT2D eigenvalue weighted by atomic mass is 9.96. The van der Waals surface area contributed by atoms with Crippen molar-refractivity contribution in [3.63, 3.8) is 0 Å². The van der Waals surface area contributed by atoms with Gasteiger partial charge in [0, 0.05) is 11.1 Å². The van der Waals surface area contributed by atoms with Crippen molar-refractivity contribution in [1.29, 1.82) is 0 Å². The largest absolute Gasteiger partial charge is 0.411 e. The Morgan fingerprint density at radius 3 is 2.62 bits per heavy atom. The molecule has 0 fully saturated rings. The Morgan fingerprint density at radius 2 is 2.23 bits per heavy atom. The molecule has 5 heteroatoms. The number of aromatic nitrogens is 1. The van der Waals surface area contributed by atoms with E-state index in [0.29, 0.717) is 5.19 Å². The molecule has 0 aliphatic heterocycles. The van der Waals surface area contributed by atoms with E-state index in [0.717, 1.165) is 4.88 Å². The van der Waals surface area contributed by atoms with Gasteiger partial charge in [-0.05, 0) is 5.41 Å². The van der Waals surface area contributed by atoms with Crippen LogP contribution in [-0.2, 0) is 5.41 Å². The van der Waals surface area contributed by atoms with E-state index in [4.69, 9.17) is 5.73 Å². The van der Waals surface area contributed by atoms with Crippen LogP contribution in [0.25, 0.3) is 0 Å². The van der Waals surface area contributed by atoms with Crippen molar-refractivity contribution in [3.05, 3.63) is 11.1 Å². The van der Waals surface area contributed by atoms with Crippen LogP contribution in [0.5, 0.6) is 5.19 Å². The fraction of sp³-hybridized carbons (Fsp3) is 0.500. The maximum absolute atomic E-state index is 10.4. The van der Waals surface area contributed by atoms with Crippen molar-refractivity contribution < 1.29 is 9.53 Å². The minimum absolute atomic E-state index is 0.0247. The molecule has 0 aromatic carbocycles. The first-order valence-electron chi connectivity index (χ1n) is 3.83. The summed E-state index contributed by atoms with van der Waals surface area (Å²) in [5.74, 6) is 0. The predicted octanol–water partition coefficient (Wildman–Crippen LogP) is 1.90. The molecule has 0 bridgehead atoms. The van der Waals surface area contributed by atoms with Crippen molar-refractivity contribution >= 4 is 17.4 Å². The number of hydrogen-bond donors (Lipinski definition) is 1. The third-order valence-corrected chi connectivity index (χ3v) is 2.71. The Morgan fingerprint density at radius 1 is 1.62 bits per heavy atom. The average molecular weight is 200 g/mol. The van der Waals surface area contributed by atoms with Gasteiger partial charge in [0.1, 0.15) is 0 Å². The maximum atomic E-state index is 10.4. The molecule has 0 atom stereocenters. The standard InChI is InChI=1S/C8H12N2O2S/c1-8(2,3)5-4-10-7(13-5)12-6(9)11/h4H,1-3H3,(H2,9,11). The SMILES string of the molecule is CC(C)(C)c1cnc(OC(N)=O)s1. The average Bonchev–Trinajstić information content (AvgIpc) is 2.32. The Bertz CT molecular complexity index is 314. The van der Waals surface area contributed by atoms with E-state index in [1.54, 1.807) is 6.20 Å². The molecular weight excluding hydrogens is 188 g/mol. The molecule has 1 amide bonds. The summed E-state index contributed by atoms with van der Waals surface area (Å²) in [5.41, 5.74) is 4.87. The van der Waals surface area contributed by atoms with Crippen LogP contribution in [0.1, 0.15) is 25.6 Å². The molecule has 2 N–H and O–H groups in total. The zero-order chi connectivity index (χ0) is 10.1. The highest BCUT2D eigenvalue weighted by Gasteiger charge is 2.18. The second-order valence-corrected chi connectivity index (χ2v) is 4.65. The molecule has 0 saturated carbocycles. The van der Waals surface area contributed by atoms with E-state index in [-0.39, 0.29) is 5.41 Å². The van der Waals surface area contributed by atoms with Crippen LogP contribution in [-0.4, -0.2) is 11.1 Å². The van der Waals surface area contributed by atoms with E-state index < -0.39 is 6.09 Å². The molecule has 0 aliphatic rings. The number of carbonyl (C=O) groups excluding carboxylic acids is 1. The summed E-state index contributed by atoms with van der Waals surface area (Å²) in [6.45, 7) is 6.19. The summed E-state index contributed by atoms with van der Waals surface area (Å²) >= 11 is 1.33. The second-order valence-electron chi connectivity index (χ2n) is 3.66. The molecule has 4 nitrogen and oxygen atoms in total. The zero-order valence-corrected chi connectivity index (χ0v) is 8.64. The van der Waals surface area contributed by atoms with Gasteiger partial charge < -0.3 is 10.5 Å². The molecule has 0 spiro atoms. The summed E-state index contributed by atoms with van der Waals surface area (Å²) < 4.78 is 4.64. The number of ether oxygens (including phenoxy) is 1. The molecule has 0 saturated heterocycles. The predicted molar refractivity (Wildman–Crippen MR) is 51.0 cm³/mol. The highest BCUT2D eigenvalue weighted by Crippen LogP contribution is 2.31. The number of primary amides is 1. The van der Waals surface area contributed by atoms with Crippen LogP contribution in [0.2, 0.25) is 0 Å². The number of nitrogens with two attached hydrogens (primary N) is 1. The van der Waals surface area contributed by atoms with Gasteiger partial charge in [-0.25, -0.2) is 9.78 Å². The van der Waals surface area contributed by atoms with Crippen molar-refractivity contribution in [2.24, 2.45) is 5.73 Å². The van der Waals surface area contributed by atoms with Gasteiger partial charge in [-0.2, -0.15) is 0 Å². The lowest BCUT2D eigenvalue weighted by molar-refractivity contribution is 0.210. The first-order chi connectivity index (χ1) is 5.89. The summed E-state index contributed by atoms with van der Waals surface area (Å²) in [4.78, 5) is 15.4. The Hall–Kier alpha value is -1.10. The van der Waals surface area contributed by atoms with Gasteiger partial charge in [0.25, 0.3) is 5.19 Å². The van der Waals surface area contributed by atoms with E-state index in [2.05, 4.69) is 30.5 Å². The molecule has 1 aromatic rings. The monoisotopic (exact) mass is 200 g/mol. The number of rotatable bonds is 1. The van der Waals surface area contributed by atoms with Gasteiger partial charge in [-0.15, -0.1) is 0 Å². The number of carbonyl (C=O) groups is 1. The third-order valence-electron chi connectivity index (χ3n) is 1.41. The maximum Gasteiger partial charge on any atom is 0.411 e. The Kier molecular flexibility index (Phi) is 2.56. The van der Waals surface area contributed by atoms with Crippen LogP contribution >= 0.6 is 11.3 Å². The molecule has 1 rings (SSSR count). The summed E-state index contributed by atoms with van der Waals surface area (Å²) in [7, 11) is 0. The van der Waals surface area contributed by atoms with Crippen molar-refractivity contribution in [1.82, 2.24) is 4.98 Å². The second kappa shape index (κ2) is 3.33. The minimum atomic E-state index is -0.824. The topological polar surface area (TPSA) is 65.2 Å². The quantitative estimate of drug-likeness (QED) is 0.753. The first-order valence-corrected chi connectivity index (χ1v) is 4.65. The fourth-order valence-electron chi connectivity index (χ4n) is 0.738. The molecule has 72 valence electrons. The third kappa shape index (κ3) is 2.69. The zero-order valence-electron chi connectivity index (χ0n) is 7.83. The Labute approximate surface area is 80.7 Å². The van der Waals surface area contributed by atoms with Crippen LogP contribution in [0.3, 0.4) is 0 Å². The van der Waals surface area contributed by atoms with Crippen LogP contribution in [0.15, 0.2) is 6.20 Å². The van der Waals surface area contributed by atoms with Crippen LogP contribution in [0, 0.1) is 0 Å². The minimum Gasteiger partial charge on any atom is -0.381 e. The van der Waals surface area contributed by atoms with Gasteiger partial charge in [0.2, 0.25) is 0 Å². The Balaban J connectivity index is 2.81. The lowest BCUT2D eigenvalue weighted by Crippen LogP contribution is -2.15. The molecule has 1 heterocycles. The molecule has 1 aromatic heterocycles. The van der Waals surface area contributed by atoms with Gasteiger partial charge in [-0.3, -0.25) is 0 Å². The lowest BCUT2D eigenvalue weighted by Gasteiger charge is -2.13. The molecular formula is C8H12N2O2S. The molecule has 0 unspecified atom stereocenters. The van der Waals surface area contributed by atoms with Gasteiger partial charge in [-0.1, -0.05) is 32.1 Å². The van der Waals surface area contributed by atoms with E-state index >= 15 is 0 Å². The molecule has 0 aliphatic carbocycles. The number of amides is 1. The van der Waals surface area contributed by atoms with Gasteiger partial charge in [0.15, 0.2) is 0 Å². The molecule has 0 radical (unpaired) electrons. The van der Waals surface area contributed by atoms with E-state index in [1.165, 1.54) is 11.3 Å². The summed E-state index contributed by atoms with van der Waals surface area (Å²) in [6.07, 6.45) is 0.873.